The van der Waals surface area contributed by atoms with Gasteiger partial charge in [0.2, 0.25) is 5.82 Å². The zero-order valence-electron chi connectivity index (χ0n) is 16.7. The van der Waals surface area contributed by atoms with Gasteiger partial charge in [-0.25, -0.2) is 12.8 Å². The molecule has 0 atom stereocenters. The Kier molecular flexibility index (Phi) is 5.43. The molecule has 0 spiro atoms. The Balaban J connectivity index is 1.72. The lowest BCUT2D eigenvalue weighted by atomic mass is 10.2. The molecule has 0 aliphatic carbocycles. The molecule has 158 valence electrons. The van der Waals surface area contributed by atoms with Crippen LogP contribution in [-0.4, -0.2) is 25.7 Å². The van der Waals surface area contributed by atoms with Gasteiger partial charge in [0.05, 0.1) is 18.4 Å². The molecule has 0 radical (unpaired) electrons. The molecule has 0 saturated carbocycles. The van der Waals surface area contributed by atoms with Gasteiger partial charge >= 0.3 is 0 Å². The molecule has 0 amide bonds. The first kappa shape index (κ1) is 20.5. The zero-order valence-corrected chi connectivity index (χ0v) is 17.5. The quantitative estimate of drug-likeness (QED) is 0.470. The summed E-state index contributed by atoms with van der Waals surface area (Å²) in [5.41, 5.74) is 1.96. The highest BCUT2D eigenvalue weighted by molar-refractivity contribution is 7.92. The average Bonchev–Trinajstić information content (AvgIpc) is 3.24. The van der Waals surface area contributed by atoms with Gasteiger partial charge in [-0.15, -0.1) is 0 Å². The number of ether oxygens (including phenoxy) is 1. The molecule has 1 N–H and O–H groups in total. The Morgan fingerprint density at radius 1 is 1.03 bits per heavy atom. The molecule has 3 aromatic carbocycles. The van der Waals surface area contributed by atoms with Gasteiger partial charge in [-0.1, -0.05) is 23.4 Å². The maximum absolute atomic E-state index is 13.2. The van der Waals surface area contributed by atoms with E-state index in [1.54, 1.807) is 30.3 Å². The molecule has 0 fully saturated rings. The van der Waals surface area contributed by atoms with Gasteiger partial charge in [0.1, 0.15) is 16.5 Å². The molecular weight excluding hydrogens is 421 g/mol. The van der Waals surface area contributed by atoms with Gasteiger partial charge in [0.25, 0.3) is 15.9 Å². The lowest BCUT2D eigenvalue weighted by Gasteiger charge is -2.14. The molecule has 0 aliphatic heterocycles. The number of hydrogen-bond acceptors (Lipinski definition) is 6. The van der Waals surface area contributed by atoms with E-state index >= 15 is 0 Å². The third-order valence-corrected chi connectivity index (χ3v) is 5.96. The summed E-state index contributed by atoms with van der Waals surface area (Å²) in [4.78, 5) is 4.26. The Morgan fingerprint density at radius 3 is 2.52 bits per heavy atom. The van der Waals surface area contributed by atoms with E-state index in [4.69, 9.17) is 9.26 Å². The fourth-order valence-electron chi connectivity index (χ4n) is 3.03. The number of aromatic nitrogens is 2. The van der Waals surface area contributed by atoms with E-state index in [2.05, 4.69) is 14.9 Å². The Hall–Kier alpha value is -3.72. The van der Waals surface area contributed by atoms with E-state index in [-0.39, 0.29) is 28.0 Å². The number of aryl methyl sites for hydroxylation is 1. The minimum atomic E-state index is -4.01. The lowest BCUT2D eigenvalue weighted by molar-refractivity contribution is 0.417. The maximum atomic E-state index is 13.2. The summed E-state index contributed by atoms with van der Waals surface area (Å²) in [6, 6.07) is 17.1. The fourth-order valence-corrected chi connectivity index (χ4v) is 4.29. The van der Waals surface area contributed by atoms with Crippen LogP contribution in [0.25, 0.3) is 22.8 Å². The van der Waals surface area contributed by atoms with Crippen LogP contribution in [-0.2, 0) is 10.0 Å². The van der Waals surface area contributed by atoms with Crippen molar-refractivity contribution in [2.45, 2.75) is 11.8 Å². The van der Waals surface area contributed by atoms with Gasteiger partial charge in [-0.2, -0.15) is 4.98 Å². The normalized spacial score (nSPS) is 11.3. The Morgan fingerprint density at radius 2 is 1.77 bits per heavy atom. The minimum absolute atomic E-state index is 0.0245. The summed E-state index contributed by atoms with van der Waals surface area (Å²) in [5.74, 6) is 0.247. The molecule has 7 nitrogen and oxygen atoms in total. The highest BCUT2D eigenvalue weighted by atomic mass is 32.2. The smallest absolute Gasteiger partial charge is 0.262 e. The van der Waals surface area contributed by atoms with E-state index in [0.717, 1.165) is 5.56 Å². The van der Waals surface area contributed by atoms with Crippen LogP contribution in [0, 0.1) is 12.7 Å². The molecule has 31 heavy (non-hydrogen) atoms. The summed E-state index contributed by atoms with van der Waals surface area (Å²) in [6.45, 7) is 1.85. The summed E-state index contributed by atoms with van der Waals surface area (Å²) in [7, 11) is -2.55. The van der Waals surface area contributed by atoms with Crippen LogP contribution < -0.4 is 9.46 Å². The van der Waals surface area contributed by atoms with Crippen LogP contribution in [0.1, 0.15) is 5.56 Å². The summed E-state index contributed by atoms with van der Waals surface area (Å²) >= 11 is 0. The molecule has 0 saturated heterocycles. The second kappa shape index (κ2) is 8.19. The second-order valence-corrected chi connectivity index (χ2v) is 8.39. The van der Waals surface area contributed by atoms with Gasteiger partial charge in [-0.05, 0) is 61.0 Å². The number of rotatable bonds is 6. The van der Waals surface area contributed by atoms with E-state index in [1.807, 2.05) is 13.0 Å². The van der Waals surface area contributed by atoms with Crippen molar-refractivity contribution >= 4 is 15.7 Å². The van der Waals surface area contributed by atoms with Gasteiger partial charge < -0.3 is 9.26 Å². The van der Waals surface area contributed by atoms with Gasteiger partial charge in [-0.3, -0.25) is 4.72 Å². The van der Waals surface area contributed by atoms with Gasteiger partial charge in [0, 0.05) is 5.56 Å². The van der Waals surface area contributed by atoms with Crippen LogP contribution in [0.5, 0.6) is 5.75 Å². The standard InChI is InChI=1S/C22H18FN3O4S/c1-14-7-12-19(29-2)18(13-14)26-31(27,28)20-6-4-3-5-17(20)22-24-21(25-30-22)15-8-10-16(23)11-9-15/h3-13,26H,1-2H3. The fraction of sp³-hybridized carbons (Fsp3) is 0.0909. The van der Waals surface area contributed by atoms with Crippen LogP contribution in [0.2, 0.25) is 0 Å². The number of nitrogens with zero attached hydrogens (tertiary/aromatic N) is 2. The monoisotopic (exact) mass is 439 g/mol. The van der Waals surface area contributed by atoms with E-state index < -0.39 is 10.0 Å². The number of anilines is 1. The number of sulfonamides is 1. The first-order chi connectivity index (χ1) is 14.9. The van der Waals surface area contributed by atoms with Crippen LogP contribution in [0.3, 0.4) is 0 Å². The molecule has 4 rings (SSSR count). The van der Waals surface area contributed by atoms with Crippen LogP contribution in [0.4, 0.5) is 10.1 Å². The third-order valence-electron chi connectivity index (χ3n) is 4.53. The predicted molar refractivity (Wildman–Crippen MR) is 114 cm³/mol. The summed E-state index contributed by atoms with van der Waals surface area (Å²) in [5, 5.41) is 3.89. The van der Waals surface area contributed by atoms with Crippen molar-refractivity contribution in [3.8, 4) is 28.6 Å². The maximum Gasteiger partial charge on any atom is 0.262 e. The molecular formula is C22H18FN3O4S. The topological polar surface area (TPSA) is 94.3 Å². The molecule has 1 aromatic heterocycles. The van der Waals surface area contributed by atoms with Crippen molar-refractivity contribution < 1.29 is 22.1 Å². The number of benzene rings is 3. The molecule has 0 unspecified atom stereocenters. The number of halogens is 1. The number of nitrogens with one attached hydrogen (secondary N) is 1. The number of methoxy groups -OCH3 is 1. The van der Waals surface area contributed by atoms with Crippen molar-refractivity contribution in [3.05, 3.63) is 78.1 Å². The Bertz CT molecular complexity index is 1340. The highest BCUT2D eigenvalue weighted by Crippen LogP contribution is 2.32. The van der Waals surface area contributed by atoms with Gasteiger partial charge in [0.15, 0.2) is 0 Å². The molecule has 4 aromatic rings. The molecule has 0 aliphatic rings. The van der Waals surface area contributed by atoms with E-state index in [0.29, 0.717) is 17.0 Å². The zero-order chi connectivity index (χ0) is 22.0. The second-order valence-electron chi connectivity index (χ2n) is 6.74. The summed E-state index contributed by atoms with van der Waals surface area (Å²) < 4.78 is 52.7. The largest absolute Gasteiger partial charge is 0.495 e. The molecule has 0 bridgehead atoms. The molecule has 9 heteroatoms. The van der Waals surface area contributed by atoms with Crippen molar-refractivity contribution in [2.75, 3.05) is 11.8 Å². The minimum Gasteiger partial charge on any atom is -0.495 e. The third kappa shape index (κ3) is 4.26. The summed E-state index contributed by atoms with van der Waals surface area (Å²) in [6.07, 6.45) is 0. The van der Waals surface area contributed by atoms with E-state index in [1.165, 1.54) is 37.4 Å². The van der Waals surface area contributed by atoms with Crippen molar-refractivity contribution in [2.24, 2.45) is 0 Å². The van der Waals surface area contributed by atoms with Crippen molar-refractivity contribution in [1.29, 1.82) is 0 Å². The van der Waals surface area contributed by atoms with Crippen LogP contribution in [0.15, 0.2) is 76.1 Å². The first-order valence-corrected chi connectivity index (χ1v) is 10.7. The van der Waals surface area contributed by atoms with Crippen molar-refractivity contribution in [3.63, 3.8) is 0 Å². The SMILES string of the molecule is COc1ccc(C)cc1NS(=O)(=O)c1ccccc1-c1nc(-c2ccc(F)cc2)no1. The first-order valence-electron chi connectivity index (χ1n) is 9.24. The van der Waals surface area contributed by atoms with E-state index in [9.17, 15) is 12.8 Å². The average molecular weight is 439 g/mol. The lowest BCUT2D eigenvalue weighted by Crippen LogP contribution is -2.15. The predicted octanol–water partition coefficient (Wildman–Crippen LogP) is 4.66. The molecule has 1 heterocycles. The van der Waals surface area contributed by atoms with Crippen LogP contribution >= 0.6 is 0 Å². The highest BCUT2D eigenvalue weighted by Gasteiger charge is 2.24. The van der Waals surface area contributed by atoms with Crippen molar-refractivity contribution in [1.82, 2.24) is 10.1 Å². The Labute approximate surface area is 178 Å². The number of hydrogen-bond donors (Lipinski definition) is 1.